The van der Waals surface area contributed by atoms with Gasteiger partial charge in [-0.1, -0.05) is 13.8 Å². The molecule has 0 atom stereocenters. The normalized spacial score (nSPS) is 10.7. The lowest BCUT2D eigenvalue weighted by Gasteiger charge is -2.06. The zero-order valence-electron chi connectivity index (χ0n) is 9.56. The van der Waals surface area contributed by atoms with Gasteiger partial charge in [0.15, 0.2) is 0 Å². The maximum atomic E-state index is 5.34. The Bertz CT molecular complexity index is 272. The number of hydrogen-bond donors (Lipinski definition) is 0. The highest BCUT2D eigenvalue weighted by molar-refractivity contribution is 5.09. The second-order valence-corrected chi connectivity index (χ2v) is 3.48. The number of nitrogens with zero attached hydrogens (tertiary/aromatic N) is 2. The molecule has 0 amide bonds. The molecule has 0 fully saturated rings. The molecular weight excluding hydrogens is 192 g/mol. The monoisotopic (exact) mass is 210 g/mol. The highest BCUT2D eigenvalue weighted by atomic mass is 16.5. The predicted molar refractivity (Wildman–Crippen MR) is 58.1 cm³/mol. The van der Waals surface area contributed by atoms with E-state index in [1.165, 1.54) is 0 Å². The number of ether oxygens (including phenoxy) is 2. The lowest BCUT2D eigenvalue weighted by Crippen LogP contribution is -2.07. The first kappa shape index (κ1) is 11.9. The van der Waals surface area contributed by atoms with E-state index < -0.39 is 0 Å². The molecule has 0 radical (unpaired) electrons. The molecule has 0 spiro atoms. The minimum atomic E-state index is 0.398. The molecule has 0 aliphatic rings. The fraction of sp³-hybridized carbons (Fsp3) is 0.636. The smallest absolute Gasteiger partial charge is 0.232 e. The van der Waals surface area contributed by atoms with Gasteiger partial charge in [0.05, 0.1) is 24.7 Å². The summed E-state index contributed by atoms with van der Waals surface area (Å²) in [5, 5.41) is 0. The van der Waals surface area contributed by atoms with E-state index in [1.807, 2.05) is 6.92 Å². The van der Waals surface area contributed by atoms with Crippen LogP contribution < -0.4 is 4.74 Å². The van der Waals surface area contributed by atoms with Crippen molar-refractivity contribution < 1.29 is 9.47 Å². The molecule has 0 aromatic carbocycles. The van der Waals surface area contributed by atoms with Gasteiger partial charge in [-0.25, -0.2) is 4.98 Å². The van der Waals surface area contributed by atoms with Crippen molar-refractivity contribution in [3.8, 4) is 5.88 Å². The van der Waals surface area contributed by atoms with E-state index in [4.69, 9.17) is 9.47 Å². The summed E-state index contributed by atoms with van der Waals surface area (Å²) in [6, 6.07) is 0. The van der Waals surface area contributed by atoms with Crippen LogP contribution in [0.5, 0.6) is 5.88 Å². The molecule has 0 bridgehead atoms. The molecule has 0 saturated heterocycles. The number of aromatic nitrogens is 2. The van der Waals surface area contributed by atoms with E-state index in [2.05, 4.69) is 23.8 Å². The van der Waals surface area contributed by atoms with Crippen molar-refractivity contribution >= 4 is 0 Å². The van der Waals surface area contributed by atoms with Gasteiger partial charge in [0.25, 0.3) is 0 Å². The van der Waals surface area contributed by atoms with Crippen LogP contribution in [0.1, 0.15) is 32.4 Å². The van der Waals surface area contributed by atoms with E-state index in [0.717, 1.165) is 5.69 Å². The zero-order valence-corrected chi connectivity index (χ0v) is 9.56. The number of hydrogen-bond acceptors (Lipinski definition) is 4. The molecule has 4 nitrogen and oxygen atoms in total. The third-order valence-electron chi connectivity index (χ3n) is 1.92. The summed E-state index contributed by atoms with van der Waals surface area (Å²) < 4.78 is 10.5. The van der Waals surface area contributed by atoms with E-state index in [1.54, 1.807) is 12.4 Å². The molecule has 0 unspecified atom stereocenters. The average Bonchev–Trinajstić information content (AvgIpc) is 2.25. The summed E-state index contributed by atoms with van der Waals surface area (Å²) in [5.41, 5.74) is 0.979. The van der Waals surface area contributed by atoms with Crippen LogP contribution in [0, 0.1) is 0 Å². The first-order valence-corrected chi connectivity index (χ1v) is 5.26. The number of rotatable bonds is 6. The lowest BCUT2D eigenvalue weighted by molar-refractivity contribution is 0.108. The summed E-state index contributed by atoms with van der Waals surface area (Å²) in [6.45, 7) is 7.94. The quantitative estimate of drug-likeness (QED) is 0.674. The van der Waals surface area contributed by atoms with Gasteiger partial charge in [-0.05, 0) is 12.8 Å². The molecule has 1 aromatic heterocycles. The molecule has 84 valence electrons. The topological polar surface area (TPSA) is 44.2 Å². The maximum Gasteiger partial charge on any atom is 0.232 e. The lowest BCUT2D eigenvalue weighted by atomic mass is 10.1. The predicted octanol–water partition coefficient (Wildman–Crippen LogP) is 2.02. The van der Waals surface area contributed by atoms with Crippen molar-refractivity contribution in [2.45, 2.75) is 26.7 Å². The molecule has 1 aromatic rings. The van der Waals surface area contributed by atoms with Gasteiger partial charge in [0.1, 0.15) is 6.61 Å². The van der Waals surface area contributed by atoms with Crippen molar-refractivity contribution in [2.75, 3.05) is 19.8 Å². The third kappa shape index (κ3) is 4.25. The second-order valence-electron chi connectivity index (χ2n) is 3.48. The van der Waals surface area contributed by atoms with E-state index >= 15 is 0 Å². The van der Waals surface area contributed by atoms with E-state index in [0.29, 0.717) is 31.6 Å². The van der Waals surface area contributed by atoms with E-state index in [-0.39, 0.29) is 0 Å². The average molecular weight is 210 g/mol. The standard InChI is InChI=1S/C11H18N2O2/c1-4-14-5-6-15-11-8-12-10(7-13-11)9(2)3/h7-9H,4-6H2,1-3H3. The van der Waals surface area contributed by atoms with Crippen molar-refractivity contribution in [2.24, 2.45) is 0 Å². The van der Waals surface area contributed by atoms with Crippen molar-refractivity contribution in [1.29, 1.82) is 0 Å². The Morgan fingerprint density at radius 1 is 1.20 bits per heavy atom. The Balaban J connectivity index is 2.36. The molecule has 1 rings (SSSR count). The molecule has 0 aliphatic heterocycles. The summed E-state index contributed by atoms with van der Waals surface area (Å²) in [5.74, 6) is 0.953. The fourth-order valence-corrected chi connectivity index (χ4v) is 1.05. The molecule has 0 N–H and O–H groups in total. The highest BCUT2D eigenvalue weighted by Crippen LogP contribution is 2.11. The van der Waals surface area contributed by atoms with Gasteiger partial charge in [-0.3, -0.25) is 4.98 Å². The van der Waals surface area contributed by atoms with Crippen LogP contribution in [0.2, 0.25) is 0 Å². The summed E-state index contributed by atoms with van der Waals surface area (Å²) in [6.07, 6.45) is 3.40. The minimum absolute atomic E-state index is 0.398. The van der Waals surface area contributed by atoms with Crippen LogP contribution in [-0.2, 0) is 4.74 Å². The van der Waals surface area contributed by atoms with Crippen molar-refractivity contribution in [3.63, 3.8) is 0 Å². The third-order valence-corrected chi connectivity index (χ3v) is 1.92. The van der Waals surface area contributed by atoms with Crippen LogP contribution in [0.15, 0.2) is 12.4 Å². The second kappa shape index (κ2) is 6.35. The maximum absolute atomic E-state index is 5.34. The Morgan fingerprint density at radius 2 is 2.00 bits per heavy atom. The Labute approximate surface area is 90.7 Å². The zero-order chi connectivity index (χ0) is 11.1. The molecule has 1 heterocycles. The fourth-order valence-electron chi connectivity index (χ4n) is 1.05. The van der Waals surface area contributed by atoms with Gasteiger partial charge in [0.2, 0.25) is 5.88 Å². The van der Waals surface area contributed by atoms with Crippen LogP contribution in [0.25, 0.3) is 0 Å². The Hall–Kier alpha value is -1.16. The van der Waals surface area contributed by atoms with Crippen LogP contribution in [0.3, 0.4) is 0 Å². The van der Waals surface area contributed by atoms with Gasteiger partial charge in [-0.2, -0.15) is 0 Å². The first-order valence-electron chi connectivity index (χ1n) is 5.26. The highest BCUT2D eigenvalue weighted by Gasteiger charge is 2.01. The molecule has 15 heavy (non-hydrogen) atoms. The van der Waals surface area contributed by atoms with Crippen molar-refractivity contribution in [3.05, 3.63) is 18.1 Å². The van der Waals surface area contributed by atoms with Crippen LogP contribution in [0.4, 0.5) is 0 Å². The summed E-state index contributed by atoms with van der Waals surface area (Å²) in [4.78, 5) is 8.41. The Morgan fingerprint density at radius 3 is 2.53 bits per heavy atom. The van der Waals surface area contributed by atoms with Gasteiger partial charge >= 0.3 is 0 Å². The molecule has 0 saturated carbocycles. The van der Waals surface area contributed by atoms with Crippen LogP contribution >= 0.6 is 0 Å². The molecule has 0 aliphatic carbocycles. The summed E-state index contributed by atoms with van der Waals surface area (Å²) >= 11 is 0. The SMILES string of the molecule is CCOCCOc1cnc(C(C)C)cn1. The molecule has 4 heteroatoms. The largest absolute Gasteiger partial charge is 0.474 e. The molecular formula is C11H18N2O2. The first-order chi connectivity index (χ1) is 7.24. The van der Waals surface area contributed by atoms with E-state index in [9.17, 15) is 0 Å². The van der Waals surface area contributed by atoms with Gasteiger partial charge in [-0.15, -0.1) is 0 Å². The van der Waals surface area contributed by atoms with Crippen molar-refractivity contribution in [1.82, 2.24) is 9.97 Å². The Kier molecular flexibility index (Phi) is 5.04. The summed E-state index contributed by atoms with van der Waals surface area (Å²) in [7, 11) is 0. The minimum Gasteiger partial charge on any atom is -0.474 e. The van der Waals surface area contributed by atoms with Gasteiger partial charge in [0, 0.05) is 6.61 Å². The van der Waals surface area contributed by atoms with Crippen LogP contribution in [-0.4, -0.2) is 29.8 Å². The van der Waals surface area contributed by atoms with Gasteiger partial charge < -0.3 is 9.47 Å².